The minimum absolute atomic E-state index is 0.156. The summed E-state index contributed by atoms with van der Waals surface area (Å²) in [4.78, 5) is 11.5. The summed E-state index contributed by atoms with van der Waals surface area (Å²) in [5.41, 5.74) is 1.20. The molecular weight excluding hydrogens is 214 g/mol. The zero-order valence-corrected chi connectivity index (χ0v) is 10.4. The average molecular weight is 233 g/mol. The van der Waals surface area contributed by atoms with Gasteiger partial charge in [-0.05, 0) is 31.0 Å². The molecule has 17 heavy (non-hydrogen) atoms. The summed E-state index contributed by atoms with van der Waals surface area (Å²) in [7, 11) is 0. The van der Waals surface area contributed by atoms with Gasteiger partial charge in [-0.3, -0.25) is 4.79 Å². The number of amides is 1. The van der Waals surface area contributed by atoms with Crippen LogP contribution >= 0.6 is 0 Å². The topological polar surface area (TPSA) is 38.3 Å². The Morgan fingerprint density at radius 2 is 2.24 bits per heavy atom. The Balaban J connectivity index is 2.20. The van der Waals surface area contributed by atoms with Gasteiger partial charge in [0.15, 0.2) is 0 Å². The molecule has 1 heterocycles. The summed E-state index contributed by atoms with van der Waals surface area (Å²) in [6, 6.07) is 8.35. The third-order valence-electron chi connectivity index (χ3n) is 3.27. The lowest BCUT2D eigenvalue weighted by molar-refractivity contribution is -0.119. The molecule has 1 fully saturated rings. The van der Waals surface area contributed by atoms with Crippen molar-refractivity contribution >= 4 is 5.91 Å². The van der Waals surface area contributed by atoms with Crippen molar-refractivity contribution in [2.24, 2.45) is 0 Å². The molecule has 3 nitrogen and oxygen atoms in total. The highest BCUT2D eigenvalue weighted by Gasteiger charge is 2.32. The van der Waals surface area contributed by atoms with E-state index < -0.39 is 0 Å². The lowest BCUT2D eigenvalue weighted by Crippen LogP contribution is -2.27. The minimum Gasteiger partial charge on any atom is -0.494 e. The van der Waals surface area contributed by atoms with Crippen LogP contribution in [0.1, 0.15) is 38.2 Å². The molecule has 1 aromatic rings. The lowest BCUT2D eigenvalue weighted by atomic mass is 9.90. The van der Waals surface area contributed by atoms with Gasteiger partial charge >= 0.3 is 0 Å². The van der Waals surface area contributed by atoms with E-state index in [1.165, 1.54) is 5.56 Å². The maximum Gasteiger partial charge on any atom is 0.220 e. The van der Waals surface area contributed by atoms with Gasteiger partial charge in [-0.1, -0.05) is 19.1 Å². The van der Waals surface area contributed by atoms with E-state index in [0.717, 1.165) is 12.2 Å². The van der Waals surface area contributed by atoms with Crippen molar-refractivity contribution < 1.29 is 9.53 Å². The normalized spacial score (nSPS) is 23.5. The van der Waals surface area contributed by atoms with Crippen molar-refractivity contribution in [2.75, 3.05) is 6.61 Å². The van der Waals surface area contributed by atoms with E-state index in [2.05, 4.69) is 24.4 Å². The molecule has 1 aliphatic heterocycles. The van der Waals surface area contributed by atoms with Gasteiger partial charge in [-0.15, -0.1) is 0 Å². The molecule has 0 aromatic heterocycles. The maximum absolute atomic E-state index is 11.5. The van der Waals surface area contributed by atoms with Crippen molar-refractivity contribution in [1.82, 2.24) is 5.32 Å². The molecule has 2 atom stereocenters. The molecule has 2 rings (SSSR count). The Bertz CT molecular complexity index is 403. The number of carbonyl (C=O) groups excluding carboxylic acids is 1. The number of nitrogens with one attached hydrogen (secondary N) is 1. The first-order chi connectivity index (χ1) is 8.24. The first-order valence-corrected chi connectivity index (χ1v) is 6.26. The highest BCUT2D eigenvalue weighted by molar-refractivity contribution is 5.80. The van der Waals surface area contributed by atoms with Gasteiger partial charge in [0.05, 0.1) is 6.61 Å². The smallest absolute Gasteiger partial charge is 0.220 e. The highest BCUT2D eigenvalue weighted by Crippen LogP contribution is 2.31. The third kappa shape index (κ3) is 2.60. The number of hydrogen-bond acceptors (Lipinski definition) is 2. The number of benzene rings is 1. The largest absolute Gasteiger partial charge is 0.494 e. The van der Waals surface area contributed by atoms with E-state index in [9.17, 15) is 4.79 Å². The Morgan fingerprint density at radius 3 is 2.94 bits per heavy atom. The van der Waals surface area contributed by atoms with E-state index in [1.54, 1.807) is 0 Å². The third-order valence-corrected chi connectivity index (χ3v) is 3.27. The standard InChI is InChI=1S/C14H19NO2/c1-3-13-12(9-14(16)15-13)10-6-5-7-11(8-10)17-4-2/h5-8,12-13H,3-4,9H2,1-2H3,(H,15,16). The van der Waals surface area contributed by atoms with Crippen LogP contribution in [0.15, 0.2) is 24.3 Å². The summed E-state index contributed by atoms with van der Waals surface area (Å²) < 4.78 is 5.50. The molecule has 3 heteroatoms. The predicted molar refractivity (Wildman–Crippen MR) is 67.2 cm³/mol. The molecule has 1 saturated heterocycles. The quantitative estimate of drug-likeness (QED) is 0.867. The van der Waals surface area contributed by atoms with E-state index in [1.807, 2.05) is 19.1 Å². The molecule has 0 aliphatic carbocycles. The van der Waals surface area contributed by atoms with Crippen LogP contribution in [0.2, 0.25) is 0 Å². The minimum atomic E-state index is 0.156. The fourth-order valence-corrected chi connectivity index (χ4v) is 2.45. The molecule has 1 aliphatic rings. The van der Waals surface area contributed by atoms with Crippen molar-refractivity contribution in [3.63, 3.8) is 0 Å². The molecule has 92 valence electrons. The maximum atomic E-state index is 11.5. The Labute approximate surface area is 102 Å². The van der Waals surface area contributed by atoms with Crippen molar-refractivity contribution in [1.29, 1.82) is 0 Å². The van der Waals surface area contributed by atoms with E-state index in [0.29, 0.717) is 13.0 Å². The van der Waals surface area contributed by atoms with E-state index in [-0.39, 0.29) is 17.9 Å². The van der Waals surface area contributed by atoms with Crippen LogP contribution < -0.4 is 10.1 Å². The molecule has 1 amide bonds. The first-order valence-electron chi connectivity index (χ1n) is 6.26. The van der Waals surface area contributed by atoms with Crippen LogP contribution in [0.3, 0.4) is 0 Å². The summed E-state index contributed by atoms with van der Waals surface area (Å²) in [5, 5.41) is 3.02. The summed E-state index contributed by atoms with van der Waals surface area (Å²) in [5.74, 6) is 1.33. The number of ether oxygens (including phenoxy) is 1. The zero-order valence-electron chi connectivity index (χ0n) is 10.4. The Morgan fingerprint density at radius 1 is 1.41 bits per heavy atom. The average Bonchev–Trinajstić information content (AvgIpc) is 2.71. The molecular formula is C14H19NO2. The van der Waals surface area contributed by atoms with Gasteiger partial charge in [-0.2, -0.15) is 0 Å². The first kappa shape index (κ1) is 12.0. The molecule has 0 bridgehead atoms. The van der Waals surface area contributed by atoms with Crippen molar-refractivity contribution in [3.05, 3.63) is 29.8 Å². The highest BCUT2D eigenvalue weighted by atomic mass is 16.5. The molecule has 1 aromatic carbocycles. The van der Waals surface area contributed by atoms with Crippen LogP contribution in [-0.2, 0) is 4.79 Å². The fraction of sp³-hybridized carbons (Fsp3) is 0.500. The van der Waals surface area contributed by atoms with Crippen molar-refractivity contribution in [3.8, 4) is 5.75 Å². The predicted octanol–water partition coefficient (Wildman–Crippen LogP) is 2.47. The zero-order chi connectivity index (χ0) is 12.3. The molecule has 0 spiro atoms. The SMILES string of the molecule is CCOc1cccc(C2CC(=O)NC2CC)c1. The van der Waals surface area contributed by atoms with E-state index >= 15 is 0 Å². The second-order valence-corrected chi connectivity index (χ2v) is 4.40. The van der Waals surface area contributed by atoms with Crippen LogP contribution in [0.25, 0.3) is 0 Å². The van der Waals surface area contributed by atoms with Crippen LogP contribution in [0.5, 0.6) is 5.75 Å². The van der Waals surface area contributed by atoms with Gasteiger partial charge in [-0.25, -0.2) is 0 Å². The van der Waals surface area contributed by atoms with Gasteiger partial charge in [0.2, 0.25) is 5.91 Å². The Hall–Kier alpha value is -1.51. The van der Waals surface area contributed by atoms with Crippen LogP contribution in [0.4, 0.5) is 0 Å². The van der Waals surface area contributed by atoms with E-state index in [4.69, 9.17) is 4.74 Å². The van der Waals surface area contributed by atoms with Gasteiger partial charge in [0.25, 0.3) is 0 Å². The molecule has 0 radical (unpaired) electrons. The van der Waals surface area contributed by atoms with Crippen LogP contribution in [-0.4, -0.2) is 18.6 Å². The van der Waals surface area contributed by atoms with Gasteiger partial charge < -0.3 is 10.1 Å². The monoisotopic (exact) mass is 233 g/mol. The molecule has 1 N–H and O–H groups in total. The lowest BCUT2D eigenvalue weighted by Gasteiger charge is -2.18. The molecule has 0 saturated carbocycles. The van der Waals surface area contributed by atoms with Gasteiger partial charge in [0.1, 0.15) is 5.75 Å². The summed E-state index contributed by atoms with van der Waals surface area (Å²) >= 11 is 0. The number of hydrogen-bond donors (Lipinski definition) is 1. The summed E-state index contributed by atoms with van der Waals surface area (Å²) in [6.07, 6.45) is 1.56. The Kier molecular flexibility index (Phi) is 3.67. The second-order valence-electron chi connectivity index (χ2n) is 4.40. The number of rotatable bonds is 4. The fourth-order valence-electron chi connectivity index (χ4n) is 2.45. The summed E-state index contributed by atoms with van der Waals surface area (Å²) in [6.45, 7) is 4.75. The van der Waals surface area contributed by atoms with Crippen molar-refractivity contribution in [2.45, 2.75) is 38.6 Å². The second kappa shape index (κ2) is 5.21. The van der Waals surface area contributed by atoms with Crippen LogP contribution in [0, 0.1) is 0 Å². The van der Waals surface area contributed by atoms with Gasteiger partial charge in [0, 0.05) is 18.4 Å². The molecule has 2 unspecified atom stereocenters. The number of carbonyl (C=O) groups is 1.